The van der Waals surface area contributed by atoms with Gasteiger partial charge in [0.05, 0.1) is 16.3 Å². The number of aryl methyl sites for hydroxylation is 1. The molecule has 2 heterocycles. The van der Waals surface area contributed by atoms with Crippen molar-refractivity contribution in [2.24, 2.45) is 0 Å². The third kappa shape index (κ3) is 3.52. The molecular weight excluding hydrogens is 353 g/mol. The van der Waals surface area contributed by atoms with Crippen molar-refractivity contribution in [1.82, 2.24) is 9.97 Å². The first-order valence-corrected chi connectivity index (χ1v) is 8.27. The molecule has 0 bridgehead atoms. The van der Waals surface area contributed by atoms with Gasteiger partial charge in [-0.3, -0.25) is 10.1 Å². The van der Waals surface area contributed by atoms with E-state index in [1.165, 1.54) is 23.6 Å². The Morgan fingerprint density at radius 3 is 2.65 bits per heavy atom. The Hall–Kier alpha value is -1.95. The molecule has 1 N–H and O–H groups in total. The second kappa shape index (κ2) is 6.66. The molecule has 0 aliphatic rings. The smallest absolute Gasteiger partial charge is 0.259 e. The maximum atomic E-state index is 12.2. The summed E-state index contributed by atoms with van der Waals surface area (Å²) >= 11 is 13.1. The molecule has 1 amide bonds. The van der Waals surface area contributed by atoms with Crippen molar-refractivity contribution < 1.29 is 4.79 Å². The van der Waals surface area contributed by atoms with E-state index in [1.807, 2.05) is 37.3 Å². The third-order valence-corrected chi connectivity index (χ3v) is 4.70. The lowest BCUT2D eigenvalue weighted by molar-refractivity contribution is 0.102. The molecule has 0 fully saturated rings. The van der Waals surface area contributed by atoms with Gasteiger partial charge in [0.15, 0.2) is 5.13 Å². The molecular formula is C16H11Cl2N3OS. The number of pyridine rings is 1. The topological polar surface area (TPSA) is 54.9 Å². The number of nitrogens with one attached hydrogen (secondary N) is 1. The molecule has 116 valence electrons. The van der Waals surface area contributed by atoms with Gasteiger partial charge < -0.3 is 0 Å². The van der Waals surface area contributed by atoms with Crippen LogP contribution in [-0.2, 0) is 0 Å². The maximum Gasteiger partial charge on any atom is 0.259 e. The molecule has 0 aliphatic carbocycles. The second-order valence-electron chi connectivity index (χ2n) is 4.74. The van der Waals surface area contributed by atoms with E-state index in [0.717, 1.165) is 16.1 Å². The van der Waals surface area contributed by atoms with Crippen LogP contribution in [0.25, 0.3) is 11.3 Å². The van der Waals surface area contributed by atoms with Gasteiger partial charge in [-0.1, -0.05) is 53.5 Å². The molecule has 4 nitrogen and oxygen atoms in total. The predicted octanol–water partition coefficient (Wildman–Crippen LogP) is 5.07. The number of benzene rings is 1. The van der Waals surface area contributed by atoms with Crippen LogP contribution in [0.1, 0.15) is 15.2 Å². The standard InChI is InChI=1S/C16H11Cl2N3OS/c1-9-13(10-5-3-2-4-6-10)20-16(23-9)21-15(22)11-7-12(17)14(18)19-8-11/h2-8H,1H3,(H,20,21,22). The number of carbonyl (C=O) groups excluding carboxylic acids is 1. The molecule has 3 aromatic rings. The predicted molar refractivity (Wildman–Crippen MR) is 94.5 cm³/mol. The van der Waals surface area contributed by atoms with Crippen molar-refractivity contribution in [1.29, 1.82) is 0 Å². The van der Waals surface area contributed by atoms with E-state index in [0.29, 0.717) is 10.7 Å². The summed E-state index contributed by atoms with van der Waals surface area (Å²) in [4.78, 5) is 21.6. The number of hydrogen-bond acceptors (Lipinski definition) is 4. The van der Waals surface area contributed by atoms with Crippen LogP contribution in [0.4, 0.5) is 5.13 Å². The monoisotopic (exact) mass is 363 g/mol. The number of nitrogens with zero attached hydrogens (tertiary/aromatic N) is 2. The van der Waals surface area contributed by atoms with E-state index >= 15 is 0 Å². The van der Waals surface area contributed by atoms with E-state index in [-0.39, 0.29) is 16.1 Å². The van der Waals surface area contributed by atoms with Crippen molar-refractivity contribution in [3.63, 3.8) is 0 Å². The molecule has 0 radical (unpaired) electrons. The minimum absolute atomic E-state index is 0.166. The lowest BCUT2D eigenvalue weighted by Crippen LogP contribution is -2.12. The van der Waals surface area contributed by atoms with Crippen LogP contribution < -0.4 is 5.32 Å². The summed E-state index contributed by atoms with van der Waals surface area (Å²) in [7, 11) is 0. The van der Waals surface area contributed by atoms with Gasteiger partial charge in [-0.2, -0.15) is 0 Å². The largest absolute Gasteiger partial charge is 0.298 e. The van der Waals surface area contributed by atoms with Gasteiger partial charge in [-0.25, -0.2) is 9.97 Å². The Labute approximate surface area is 147 Å². The second-order valence-corrected chi connectivity index (χ2v) is 6.71. The first-order chi connectivity index (χ1) is 11.0. The summed E-state index contributed by atoms with van der Waals surface area (Å²) < 4.78 is 0. The number of amides is 1. The molecule has 7 heteroatoms. The first-order valence-electron chi connectivity index (χ1n) is 6.70. The fourth-order valence-electron chi connectivity index (χ4n) is 2.03. The lowest BCUT2D eigenvalue weighted by atomic mass is 10.1. The Morgan fingerprint density at radius 2 is 1.96 bits per heavy atom. The molecule has 0 spiro atoms. The zero-order valence-electron chi connectivity index (χ0n) is 12.0. The quantitative estimate of drug-likeness (QED) is 0.660. The van der Waals surface area contributed by atoms with E-state index in [2.05, 4.69) is 15.3 Å². The first kappa shape index (κ1) is 15.9. The van der Waals surface area contributed by atoms with Gasteiger partial charge in [-0.15, -0.1) is 11.3 Å². The molecule has 0 atom stereocenters. The van der Waals surface area contributed by atoms with E-state index in [9.17, 15) is 4.79 Å². The number of anilines is 1. The Balaban J connectivity index is 1.83. The van der Waals surface area contributed by atoms with Gasteiger partial charge in [0.25, 0.3) is 5.91 Å². The number of hydrogen-bond donors (Lipinski definition) is 1. The van der Waals surface area contributed by atoms with Gasteiger partial charge in [0.2, 0.25) is 0 Å². The van der Waals surface area contributed by atoms with E-state index in [4.69, 9.17) is 23.2 Å². The minimum Gasteiger partial charge on any atom is -0.298 e. The van der Waals surface area contributed by atoms with Crippen LogP contribution in [-0.4, -0.2) is 15.9 Å². The Morgan fingerprint density at radius 1 is 1.22 bits per heavy atom. The average Bonchev–Trinajstić information content (AvgIpc) is 2.91. The van der Waals surface area contributed by atoms with Crippen LogP contribution in [0.3, 0.4) is 0 Å². The molecule has 0 saturated heterocycles. The molecule has 1 aromatic carbocycles. The van der Waals surface area contributed by atoms with Crippen LogP contribution >= 0.6 is 34.5 Å². The van der Waals surface area contributed by atoms with E-state index in [1.54, 1.807) is 0 Å². The Kier molecular flexibility index (Phi) is 4.61. The maximum absolute atomic E-state index is 12.2. The zero-order valence-corrected chi connectivity index (χ0v) is 14.3. The minimum atomic E-state index is -0.329. The highest BCUT2D eigenvalue weighted by molar-refractivity contribution is 7.16. The lowest BCUT2D eigenvalue weighted by Gasteiger charge is -2.02. The summed E-state index contributed by atoms with van der Waals surface area (Å²) in [5.41, 5.74) is 2.20. The third-order valence-electron chi connectivity index (χ3n) is 3.12. The Bertz CT molecular complexity index is 865. The molecule has 2 aromatic heterocycles. The van der Waals surface area contributed by atoms with Gasteiger partial charge in [0, 0.05) is 16.6 Å². The van der Waals surface area contributed by atoms with Crippen LogP contribution in [0, 0.1) is 6.92 Å². The highest BCUT2D eigenvalue weighted by Gasteiger charge is 2.14. The van der Waals surface area contributed by atoms with Crippen molar-refractivity contribution in [2.45, 2.75) is 6.92 Å². The normalized spacial score (nSPS) is 10.6. The van der Waals surface area contributed by atoms with Gasteiger partial charge in [0.1, 0.15) is 5.15 Å². The highest BCUT2D eigenvalue weighted by Crippen LogP contribution is 2.30. The summed E-state index contributed by atoms with van der Waals surface area (Å²) in [6.07, 6.45) is 1.38. The number of halogens is 2. The summed E-state index contributed by atoms with van der Waals surface area (Å²) in [6, 6.07) is 11.3. The molecule has 0 aliphatic heterocycles. The van der Waals surface area contributed by atoms with Crippen molar-refractivity contribution >= 4 is 45.6 Å². The van der Waals surface area contributed by atoms with E-state index < -0.39 is 0 Å². The summed E-state index contributed by atoms with van der Waals surface area (Å²) in [5, 5.41) is 3.69. The molecule has 0 saturated carbocycles. The van der Waals surface area contributed by atoms with Gasteiger partial charge in [-0.05, 0) is 13.0 Å². The van der Waals surface area contributed by atoms with Crippen LogP contribution in [0.5, 0.6) is 0 Å². The zero-order chi connectivity index (χ0) is 16.4. The highest BCUT2D eigenvalue weighted by atomic mass is 35.5. The molecule has 0 unspecified atom stereocenters. The number of aromatic nitrogens is 2. The van der Waals surface area contributed by atoms with Crippen molar-refractivity contribution in [2.75, 3.05) is 5.32 Å². The fraction of sp³-hybridized carbons (Fsp3) is 0.0625. The van der Waals surface area contributed by atoms with Gasteiger partial charge >= 0.3 is 0 Å². The molecule has 23 heavy (non-hydrogen) atoms. The fourth-order valence-corrected chi connectivity index (χ4v) is 3.13. The number of carbonyl (C=O) groups is 1. The number of thiazole rings is 1. The van der Waals surface area contributed by atoms with Crippen molar-refractivity contribution in [3.05, 3.63) is 63.2 Å². The van der Waals surface area contributed by atoms with Crippen molar-refractivity contribution in [3.8, 4) is 11.3 Å². The summed E-state index contributed by atoms with van der Waals surface area (Å²) in [5.74, 6) is -0.329. The van der Waals surface area contributed by atoms with Crippen LogP contribution in [0.2, 0.25) is 10.2 Å². The average molecular weight is 364 g/mol. The van der Waals surface area contributed by atoms with Crippen LogP contribution in [0.15, 0.2) is 42.6 Å². The summed E-state index contributed by atoms with van der Waals surface area (Å²) in [6.45, 7) is 1.97. The SMILES string of the molecule is Cc1sc(NC(=O)c2cnc(Cl)c(Cl)c2)nc1-c1ccccc1. The molecule has 3 rings (SSSR count). The number of rotatable bonds is 3.